The number of hydrazine groups is 1. The van der Waals surface area contributed by atoms with Crippen molar-refractivity contribution in [3.63, 3.8) is 0 Å². The molecule has 0 amide bonds. The topological polar surface area (TPSA) is 55.9 Å². The summed E-state index contributed by atoms with van der Waals surface area (Å²) >= 11 is 6.33. The molecule has 1 aromatic heterocycles. The van der Waals surface area contributed by atoms with Crippen molar-refractivity contribution in [3.8, 4) is 0 Å². The van der Waals surface area contributed by atoms with Crippen molar-refractivity contribution in [2.45, 2.75) is 58.4 Å². The van der Waals surface area contributed by atoms with Crippen molar-refractivity contribution >= 4 is 11.6 Å². The molecular weight excluding hydrogens is 260 g/mol. The Balaban J connectivity index is 2.18. The van der Waals surface area contributed by atoms with Crippen LogP contribution in [0.15, 0.2) is 0 Å². The lowest BCUT2D eigenvalue weighted by molar-refractivity contribution is 0.144. The molecule has 2 rings (SSSR count). The van der Waals surface area contributed by atoms with Gasteiger partial charge in [0.15, 0.2) is 0 Å². The molecule has 4 nitrogen and oxygen atoms in total. The zero-order valence-corrected chi connectivity index (χ0v) is 12.9. The highest BCUT2D eigenvalue weighted by atomic mass is 35.5. The van der Waals surface area contributed by atoms with Gasteiger partial charge < -0.3 is 0 Å². The molecule has 1 unspecified atom stereocenters. The van der Waals surface area contributed by atoms with Gasteiger partial charge in [0.05, 0.1) is 5.69 Å². The van der Waals surface area contributed by atoms with Crippen molar-refractivity contribution in [1.82, 2.24) is 15.2 Å². The number of hydrogen-bond donors (Lipinski definition) is 2. The van der Waals surface area contributed by atoms with Gasteiger partial charge in [-0.15, -0.1) is 0 Å². The Kier molecular flexibility index (Phi) is 4.54. The fourth-order valence-corrected chi connectivity index (χ4v) is 3.58. The van der Waals surface area contributed by atoms with Crippen molar-refractivity contribution in [1.29, 1.82) is 0 Å². The monoisotopic (exact) mass is 284 g/mol. The fourth-order valence-electron chi connectivity index (χ4n) is 3.32. The molecule has 5 heteroatoms. The Bertz CT molecular complexity index is 435. The first-order valence-corrected chi connectivity index (χ1v) is 7.50. The Morgan fingerprint density at radius 3 is 2.53 bits per heavy atom. The number of halogens is 1. The zero-order chi connectivity index (χ0) is 14.0. The zero-order valence-electron chi connectivity index (χ0n) is 12.2. The summed E-state index contributed by atoms with van der Waals surface area (Å²) in [5.74, 6) is 5.82. The average Bonchev–Trinajstić information content (AvgIpc) is 2.62. The molecule has 0 aliphatic heterocycles. The number of rotatable bonds is 4. The summed E-state index contributed by atoms with van der Waals surface area (Å²) in [7, 11) is 1.88. The predicted octanol–water partition coefficient (Wildman–Crippen LogP) is 2.73. The van der Waals surface area contributed by atoms with Crippen molar-refractivity contribution < 1.29 is 0 Å². The van der Waals surface area contributed by atoms with Crippen LogP contribution in [0.3, 0.4) is 0 Å². The summed E-state index contributed by atoms with van der Waals surface area (Å²) in [6.07, 6.45) is 7.27. The minimum absolute atomic E-state index is 0.258. The normalized spacial score (nSPS) is 20.5. The minimum atomic E-state index is 0.258. The van der Waals surface area contributed by atoms with E-state index in [4.69, 9.17) is 17.4 Å². The van der Waals surface area contributed by atoms with Crippen LogP contribution in [0.1, 0.15) is 50.3 Å². The van der Waals surface area contributed by atoms with E-state index in [1.807, 2.05) is 14.0 Å². The van der Waals surface area contributed by atoms with Crippen molar-refractivity contribution in [2.24, 2.45) is 18.3 Å². The Hall–Kier alpha value is -0.580. The quantitative estimate of drug-likeness (QED) is 0.660. The van der Waals surface area contributed by atoms with E-state index in [0.717, 1.165) is 22.8 Å². The number of hydrogen-bond acceptors (Lipinski definition) is 3. The minimum Gasteiger partial charge on any atom is -0.271 e. The molecule has 19 heavy (non-hydrogen) atoms. The van der Waals surface area contributed by atoms with E-state index in [0.29, 0.717) is 0 Å². The summed E-state index contributed by atoms with van der Waals surface area (Å²) in [6.45, 7) is 4.36. The third-order valence-corrected chi connectivity index (χ3v) is 5.19. The van der Waals surface area contributed by atoms with Crippen LogP contribution in [0.4, 0.5) is 0 Å². The van der Waals surface area contributed by atoms with Gasteiger partial charge in [0.2, 0.25) is 0 Å². The van der Waals surface area contributed by atoms with Gasteiger partial charge in [-0.3, -0.25) is 16.0 Å². The van der Waals surface area contributed by atoms with Gasteiger partial charge in [-0.05, 0) is 31.6 Å². The molecule has 0 radical (unpaired) electrons. The molecule has 1 aliphatic rings. The van der Waals surface area contributed by atoms with E-state index in [9.17, 15) is 0 Å². The lowest BCUT2D eigenvalue weighted by Gasteiger charge is -2.40. The Morgan fingerprint density at radius 2 is 2.05 bits per heavy atom. The maximum absolute atomic E-state index is 6.33. The van der Waals surface area contributed by atoms with Crippen LogP contribution in [0.2, 0.25) is 5.15 Å². The molecule has 1 aromatic rings. The standard InChI is InChI=1S/C14H25ClN4/c1-10-11(13(15)19(3)18-10)9-12(17-16)14(2)7-5-4-6-8-14/h12,17H,4-9,16H2,1-3H3. The Morgan fingerprint density at radius 1 is 1.42 bits per heavy atom. The molecule has 1 atom stereocenters. The molecule has 1 heterocycles. The highest BCUT2D eigenvalue weighted by Gasteiger charge is 2.35. The summed E-state index contributed by atoms with van der Waals surface area (Å²) < 4.78 is 1.74. The predicted molar refractivity (Wildman–Crippen MR) is 79.0 cm³/mol. The van der Waals surface area contributed by atoms with E-state index in [-0.39, 0.29) is 11.5 Å². The fraction of sp³-hybridized carbons (Fsp3) is 0.786. The molecule has 1 saturated carbocycles. The van der Waals surface area contributed by atoms with Gasteiger partial charge in [0.25, 0.3) is 0 Å². The lowest BCUT2D eigenvalue weighted by Crippen LogP contribution is -2.49. The highest BCUT2D eigenvalue weighted by molar-refractivity contribution is 6.30. The second-order valence-corrected chi connectivity index (χ2v) is 6.47. The average molecular weight is 285 g/mol. The molecule has 1 aliphatic carbocycles. The van der Waals surface area contributed by atoms with Crippen LogP contribution in [0, 0.1) is 12.3 Å². The van der Waals surface area contributed by atoms with Crippen LogP contribution in [0.5, 0.6) is 0 Å². The first-order chi connectivity index (χ1) is 8.98. The van der Waals surface area contributed by atoms with Crippen molar-refractivity contribution in [2.75, 3.05) is 0 Å². The van der Waals surface area contributed by atoms with E-state index in [2.05, 4.69) is 17.4 Å². The van der Waals surface area contributed by atoms with Gasteiger partial charge in [-0.1, -0.05) is 37.8 Å². The lowest BCUT2D eigenvalue weighted by atomic mass is 9.69. The van der Waals surface area contributed by atoms with Crippen LogP contribution >= 0.6 is 11.6 Å². The highest BCUT2D eigenvalue weighted by Crippen LogP contribution is 2.40. The van der Waals surface area contributed by atoms with E-state index in [1.54, 1.807) is 4.68 Å². The van der Waals surface area contributed by atoms with Gasteiger partial charge in [-0.2, -0.15) is 5.10 Å². The number of nitrogens with two attached hydrogens (primary N) is 1. The Labute approximate surface area is 120 Å². The molecule has 0 spiro atoms. The second kappa shape index (κ2) is 5.81. The summed E-state index contributed by atoms with van der Waals surface area (Å²) in [6, 6.07) is 0.258. The van der Waals surface area contributed by atoms with Crippen LogP contribution in [-0.4, -0.2) is 15.8 Å². The largest absolute Gasteiger partial charge is 0.271 e. The molecule has 0 saturated heterocycles. The molecule has 0 aromatic carbocycles. The number of nitrogens with zero attached hydrogens (tertiary/aromatic N) is 2. The molecule has 108 valence electrons. The number of aromatic nitrogens is 2. The number of nitrogens with one attached hydrogen (secondary N) is 1. The third-order valence-electron chi connectivity index (χ3n) is 4.72. The summed E-state index contributed by atoms with van der Waals surface area (Å²) in [5.41, 5.74) is 5.42. The van der Waals surface area contributed by atoms with E-state index >= 15 is 0 Å². The second-order valence-electron chi connectivity index (χ2n) is 6.12. The maximum Gasteiger partial charge on any atom is 0.130 e. The smallest absolute Gasteiger partial charge is 0.130 e. The van der Waals surface area contributed by atoms with Crippen LogP contribution in [-0.2, 0) is 13.5 Å². The SMILES string of the molecule is Cc1nn(C)c(Cl)c1CC(NN)C1(C)CCCCC1. The number of aryl methyl sites for hydroxylation is 2. The third kappa shape index (κ3) is 2.96. The molecular formula is C14H25ClN4. The van der Waals surface area contributed by atoms with Gasteiger partial charge >= 0.3 is 0 Å². The first-order valence-electron chi connectivity index (χ1n) is 7.12. The maximum atomic E-state index is 6.33. The van der Waals surface area contributed by atoms with Crippen LogP contribution < -0.4 is 11.3 Å². The summed E-state index contributed by atoms with van der Waals surface area (Å²) in [5, 5.41) is 5.12. The van der Waals surface area contributed by atoms with Gasteiger partial charge in [-0.25, -0.2) is 0 Å². The van der Waals surface area contributed by atoms with Gasteiger partial charge in [0.1, 0.15) is 5.15 Å². The van der Waals surface area contributed by atoms with Gasteiger partial charge in [0, 0.05) is 18.7 Å². The first kappa shape index (κ1) is 14.8. The van der Waals surface area contributed by atoms with Crippen molar-refractivity contribution in [3.05, 3.63) is 16.4 Å². The summed E-state index contributed by atoms with van der Waals surface area (Å²) in [4.78, 5) is 0. The molecule has 3 N–H and O–H groups in total. The molecule has 0 bridgehead atoms. The molecule has 1 fully saturated rings. The van der Waals surface area contributed by atoms with Crippen LogP contribution in [0.25, 0.3) is 0 Å². The van der Waals surface area contributed by atoms with E-state index in [1.165, 1.54) is 32.1 Å². The van der Waals surface area contributed by atoms with E-state index < -0.39 is 0 Å².